The molecule has 39 heavy (non-hydrogen) atoms. The molecule has 1 unspecified atom stereocenters. The highest BCUT2D eigenvalue weighted by Gasteiger charge is 2.48. The number of carbonyl (C=O) groups excluding carboxylic acids is 3. The highest BCUT2D eigenvalue weighted by atomic mass is 35.5. The van der Waals surface area contributed by atoms with Crippen LogP contribution in [-0.4, -0.2) is 40.1 Å². The van der Waals surface area contributed by atoms with Crippen LogP contribution in [0.15, 0.2) is 71.6 Å². The lowest BCUT2D eigenvalue weighted by molar-refractivity contribution is -0.129. The molecule has 2 aliphatic heterocycles. The molecular formula is C29H23ClN2O5S2. The Morgan fingerprint density at radius 3 is 2.54 bits per heavy atom. The summed E-state index contributed by atoms with van der Waals surface area (Å²) in [6.45, 7) is 2.21. The first kappa shape index (κ1) is 26.9. The number of imide groups is 1. The maximum absolute atomic E-state index is 13.4. The monoisotopic (exact) mass is 578 g/mol. The number of ether oxygens (including phenoxy) is 2. The fourth-order valence-corrected chi connectivity index (χ4v) is 5.87. The molecule has 1 atom stereocenters. The van der Waals surface area contributed by atoms with Crippen molar-refractivity contribution in [1.82, 2.24) is 4.90 Å². The van der Waals surface area contributed by atoms with Gasteiger partial charge in [-0.15, -0.1) is 0 Å². The Morgan fingerprint density at radius 1 is 1.05 bits per heavy atom. The van der Waals surface area contributed by atoms with Crippen molar-refractivity contribution < 1.29 is 23.9 Å². The average molecular weight is 579 g/mol. The van der Waals surface area contributed by atoms with E-state index >= 15 is 0 Å². The normalized spacial score (nSPS) is 18.4. The minimum atomic E-state index is -0.977. The van der Waals surface area contributed by atoms with Gasteiger partial charge in [-0.25, -0.2) is 4.90 Å². The number of carbonyl (C=O) groups is 3. The van der Waals surface area contributed by atoms with Gasteiger partial charge in [-0.1, -0.05) is 65.9 Å². The molecule has 198 valence electrons. The summed E-state index contributed by atoms with van der Waals surface area (Å²) in [6, 6.07) is 18.8. The van der Waals surface area contributed by atoms with E-state index in [2.05, 4.69) is 0 Å². The number of hydrogen-bond donors (Lipinski definition) is 0. The summed E-state index contributed by atoms with van der Waals surface area (Å²) in [4.78, 5) is 42.1. The van der Waals surface area contributed by atoms with Crippen molar-refractivity contribution in [1.29, 1.82) is 0 Å². The van der Waals surface area contributed by atoms with Crippen LogP contribution in [0.4, 0.5) is 5.69 Å². The van der Waals surface area contributed by atoms with Crippen molar-refractivity contribution in [2.24, 2.45) is 0 Å². The minimum absolute atomic E-state index is 0.125. The number of anilines is 1. The zero-order valence-electron chi connectivity index (χ0n) is 21.0. The van der Waals surface area contributed by atoms with E-state index in [4.69, 9.17) is 33.3 Å². The second-order valence-corrected chi connectivity index (χ2v) is 11.1. The Kier molecular flexibility index (Phi) is 7.74. The van der Waals surface area contributed by atoms with Gasteiger partial charge in [0.15, 0.2) is 11.5 Å². The molecule has 2 saturated heterocycles. The number of nitrogens with zero attached hydrogens (tertiary/aromatic N) is 2. The van der Waals surface area contributed by atoms with E-state index in [1.54, 1.807) is 54.6 Å². The molecule has 3 aromatic rings. The van der Waals surface area contributed by atoms with Gasteiger partial charge in [0, 0.05) is 5.02 Å². The van der Waals surface area contributed by atoms with Gasteiger partial charge in [-0.3, -0.25) is 19.3 Å². The molecule has 3 amide bonds. The number of halogens is 1. The zero-order valence-corrected chi connectivity index (χ0v) is 23.4. The molecule has 7 nitrogen and oxygen atoms in total. The molecule has 0 radical (unpaired) electrons. The van der Waals surface area contributed by atoms with Crippen LogP contribution in [0.5, 0.6) is 11.5 Å². The van der Waals surface area contributed by atoms with Gasteiger partial charge in [-0.2, -0.15) is 0 Å². The highest BCUT2D eigenvalue weighted by Crippen LogP contribution is 2.38. The second-order valence-electron chi connectivity index (χ2n) is 9.00. The van der Waals surface area contributed by atoms with Crippen LogP contribution in [0.1, 0.15) is 23.1 Å². The van der Waals surface area contributed by atoms with Crippen LogP contribution in [0.2, 0.25) is 5.02 Å². The van der Waals surface area contributed by atoms with E-state index in [0.29, 0.717) is 39.3 Å². The maximum atomic E-state index is 13.4. The summed E-state index contributed by atoms with van der Waals surface area (Å²) >= 11 is 12.5. The van der Waals surface area contributed by atoms with Crippen LogP contribution < -0.4 is 14.4 Å². The number of rotatable bonds is 7. The van der Waals surface area contributed by atoms with E-state index in [9.17, 15) is 14.4 Å². The summed E-state index contributed by atoms with van der Waals surface area (Å²) in [5.74, 6) is -0.203. The van der Waals surface area contributed by atoms with Gasteiger partial charge in [-0.05, 0) is 66.1 Å². The number of methoxy groups -OCH3 is 1. The zero-order chi connectivity index (χ0) is 27.7. The van der Waals surface area contributed by atoms with Gasteiger partial charge in [0.1, 0.15) is 17.0 Å². The van der Waals surface area contributed by atoms with E-state index < -0.39 is 17.9 Å². The fraction of sp³-hybridized carbons (Fsp3) is 0.172. The molecular weight excluding hydrogens is 556 g/mol. The predicted molar refractivity (Wildman–Crippen MR) is 156 cm³/mol. The van der Waals surface area contributed by atoms with Crippen LogP contribution in [0.25, 0.3) is 6.08 Å². The summed E-state index contributed by atoms with van der Waals surface area (Å²) in [5.41, 5.74) is 3.05. The van der Waals surface area contributed by atoms with Gasteiger partial charge in [0.05, 0.1) is 24.1 Å². The lowest BCUT2D eigenvalue weighted by atomic mass is 10.1. The summed E-state index contributed by atoms with van der Waals surface area (Å²) in [6.07, 6.45) is 1.56. The number of hydrogen-bond acceptors (Lipinski definition) is 7. The van der Waals surface area contributed by atoms with Gasteiger partial charge < -0.3 is 9.47 Å². The molecule has 3 aromatic carbocycles. The molecule has 0 aliphatic carbocycles. The quantitative estimate of drug-likeness (QED) is 0.200. The number of amides is 3. The highest BCUT2D eigenvalue weighted by molar-refractivity contribution is 8.26. The number of thiocarbonyl (C=S) groups is 1. The molecule has 0 spiro atoms. The number of thioether (sulfide) groups is 1. The van der Waals surface area contributed by atoms with Crippen molar-refractivity contribution in [2.75, 3.05) is 12.0 Å². The summed E-state index contributed by atoms with van der Waals surface area (Å²) < 4.78 is 11.7. The molecule has 2 fully saturated rings. The Hall–Kier alpha value is -3.66. The van der Waals surface area contributed by atoms with E-state index in [-0.39, 0.29) is 16.6 Å². The largest absolute Gasteiger partial charge is 0.493 e. The summed E-state index contributed by atoms with van der Waals surface area (Å²) in [5, 5.41) is 0.651. The van der Waals surface area contributed by atoms with Crippen LogP contribution in [0, 0.1) is 6.92 Å². The van der Waals surface area contributed by atoms with Gasteiger partial charge >= 0.3 is 0 Å². The first-order chi connectivity index (χ1) is 18.7. The minimum Gasteiger partial charge on any atom is -0.493 e. The smallest absolute Gasteiger partial charge is 0.266 e. The van der Waals surface area contributed by atoms with E-state index in [1.807, 2.05) is 25.1 Å². The van der Waals surface area contributed by atoms with E-state index in [1.165, 1.54) is 12.0 Å². The van der Waals surface area contributed by atoms with Crippen molar-refractivity contribution in [3.8, 4) is 11.5 Å². The third-order valence-electron chi connectivity index (χ3n) is 6.31. The first-order valence-electron chi connectivity index (χ1n) is 12.0. The van der Waals surface area contributed by atoms with Gasteiger partial charge in [0.2, 0.25) is 5.91 Å². The standard InChI is InChI=1S/C29H23ClN2O5S2/c1-17-4-3-5-21(12-17)31-26(33)15-22(27(31)34)32-28(35)25(39-29(32)38)14-19-8-11-23(24(13-19)36-2)37-16-18-6-9-20(30)10-7-18/h3-14,22H,15-16H2,1-2H3/b25-14-. The molecule has 2 aliphatic rings. The van der Waals surface area contributed by atoms with Crippen LogP contribution in [0.3, 0.4) is 0 Å². The fourth-order valence-electron chi connectivity index (χ4n) is 4.39. The van der Waals surface area contributed by atoms with Gasteiger partial charge in [0.25, 0.3) is 11.8 Å². The molecule has 0 saturated carbocycles. The van der Waals surface area contributed by atoms with Crippen molar-refractivity contribution in [3.63, 3.8) is 0 Å². The molecule has 2 heterocycles. The molecule has 5 rings (SSSR count). The Labute approximate surface area is 240 Å². The topological polar surface area (TPSA) is 76.2 Å². The Morgan fingerprint density at radius 2 is 1.82 bits per heavy atom. The maximum Gasteiger partial charge on any atom is 0.266 e. The third kappa shape index (κ3) is 5.56. The Bertz CT molecular complexity index is 1520. The lowest BCUT2D eigenvalue weighted by Crippen LogP contribution is -2.44. The van der Waals surface area contributed by atoms with Crippen LogP contribution in [-0.2, 0) is 21.0 Å². The van der Waals surface area contributed by atoms with Crippen LogP contribution >= 0.6 is 35.6 Å². The number of aryl methyl sites for hydroxylation is 1. The molecule has 10 heteroatoms. The van der Waals surface area contributed by atoms with Crippen molar-refractivity contribution in [2.45, 2.75) is 26.0 Å². The second kappa shape index (κ2) is 11.2. The van der Waals surface area contributed by atoms with Crippen molar-refractivity contribution in [3.05, 3.63) is 93.3 Å². The lowest BCUT2D eigenvalue weighted by Gasteiger charge is -2.21. The summed E-state index contributed by atoms with van der Waals surface area (Å²) in [7, 11) is 1.54. The Balaban J connectivity index is 1.32. The molecule has 0 bridgehead atoms. The molecule has 0 N–H and O–H groups in total. The first-order valence-corrected chi connectivity index (χ1v) is 13.6. The third-order valence-corrected chi connectivity index (χ3v) is 7.89. The van der Waals surface area contributed by atoms with E-state index in [0.717, 1.165) is 27.8 Å². The number of benzene rings is 3. The molecule has 0 aromatic heterocycles. The van der Waals surface area contributed by atoms with Crippen molar-refractivity contribution >= 4 is 69.4 Å². The SMILES string of the molecule is COc1cc(/C=C2\SC(=S)N(C3CC(=O)N(c4cccc(C)c4)C3=O)C2=O)ccc1OCc1ccc(Cl)cc1. The average Bonchev–Trinajstić information content (AvgIpc) is 3.36. The predicted octanol–water partition coefficient (Wildman–Crippen LogP) is 5.77.